The lowest BCUT2D eigenvalue weighted by atomic mass is 10.1. The molecule has 1 aliphatic rings. The van der Waals surface area contributed by atoms with Gasteiger partial charge in [-0.25, -0.2) is 8.42 Å². The minimum absolute atomic E-state index is 0.0468. The topological polar surface area (TPSA) is 108 Å². The van der Waals surface area contributed by atoms with Gasteiger partial charge in [-0.1, -0.05) is 30.3 Å². The first-order valence-corrected chi connectivity index (χ1v) is 9.97. The highest BCUT2D eigenvalue weighted by atomic mass is 32.2. The van der Waals surface area contributed by atoms with Gasteiger partial charge in [0.2, 0.25) is 10.0 Å². The number of nitro benzene ring substituents is 1. The second kappa shape index (κ2) is 7.73. The average molecular weight is 386 g/mol. The van der Waals surface area contributed by atoms with Crippen LogP contribution in [-0.4, -0.2) is 43.8 Å². The predicted octanol–water partition coefficient (Wildman–Crippen LogP) is 2.12. The van der Waals surface area contributed by atoms with Gasteiger partial charge in [-0.05, 0) is 11.6 Å². The highest BCUT2D eigenvalue weighted by molar-refractivity contribution is 7.88. The first kappa shape index (κ1) is 18.8. The molecule has 8 nitrogen and oxygen atoms in total. The molecule has 2 aromatic carbocycles. The number of rotatable bonds is 5. The van der Waals surface area contributed by atoms with Crippen LogP contribution in [0.1, 0.15) is 11.1 Å². The average Bonchev–Trinajstić information content (AvgIpc) is 2.68. The maximum absolute atomic E-state index is 12.6. The minimum atomic E-state index is -3.42. The van der Waals surface area contributed by atoms with E-state index in [4.69, 9.17) is 0 Å². The van der Waals surface area contributed by atoms with E-state index in [1.807, 2.05) is 17.0 Å². The van der Waals surface area contributed by atoms with Gasteiger partial charge in [0, 0.05) is 38.3 Å². The van der Waals surface area contributed by atoms with Gasteiger partial charge >= 0.3 is 0 Å². The van der Waals surface area contributed by atoms with Crippen molar-refractivity contribution in [2.75, 3.05) is 31.1 Å². The third kappa shape index (κ3) is 4.24. The van der Waals surface area contributed by atoms with Crippen LogP contribution in [0, 0.1) is 21.4 Å². The Hall–Kier alpha value is -2.96. The third-order valence-corrected chi connectivity index (χ3v) is 6.33. The van der Waals surface area contributed by atoms with Gasteiger partial charge in [-0.2, -0.15) is 9.57 Å². The predicted molar refractivity (Wildman–Crippen MR) is 101 cm³/mol. The summed E-state index contributed by atoms with van der Waals surface area (Å²) in [6, 6.07) is 15.1. The number of nitriles is 1. The van der Waals surface area contributed by atoms with E-state index >= 15 is 0 Å². The molecule has 0 amide bonds. The van der Waals surface area contributed by atoms with Crippen LogP contribution >= 0.6 is 0 Å². The maximum atomic E-state index is 12.6. The number of non-ortho nitro benzene ring substituents is 1. The zero-order valence-corrected chi connectivity index (χ0v) is 15.3. The molecule has 0 N–H and O–H groups in total. The monoisotopic (exact) mass is 386 g/mol. The Morgan fingerprint density at radius 2 is 1.74 bits per heavy atom. The molecule has 1 fully saturated rings. The highest BCUT2D eigenvalue weighted by Crippen LogP contribution is 2.26. The van der Waals surface area contributed by atoms with Crippen molar-refractivity contribution in [1.82, 2.24) is 4.31 Å². The highest BCUT2D eigenvalue weighted by Gasteiger charge is 2.28. The Morgan fingerprint density at radius 3 is 2.33 bits per heavy atom. The van der Waals surface area contributed by atoms with Crippen molar-refractivity contribution in [3.05, 3.63) is 69.8 Å². The van der Waals surface area contributed by atoms with Crippen molar-refractivity contribution in [1.29, 1.82) is 5.26 Å². The molecule has 0 aliphatic carbocycles. The van der Waals surface area contributed by atoms with Crippen LogP contribution in [0.25, 0.3) is 0 Å². The van der Waals surface area contributed by atoms with Gasteiger partial charge in [-0.3, -0.25) is 10.1 Å². The quantitative estimate of drug-likeness (QED) is 0.575. The molecule has 0 atom stereocenters. The van der Waals surface area contributed by atoms with Crippen LogP contribution in [0.2, 0.25) is 0 Å². The van der Waals surface area contributed by atoms with Crippen LogP contribution in [-0.2, 0) is 15.8 Å². The van der Waals surface area contributed by atoms with Crippen LogP contribution in [0.4, 0.5) is 11.4 Å². The second-order valence-electron chi connectivity index (χ2n) is 6.20. The minimum Gasteiger partial charge on any atom is -0.368 e. The molecule has 1 heterocycles. The molecule has 0 radical (unpaired) electrons. The summed E-state index contributed by atoms with van der Waals surface area (Å²) in [5, 5.41) is 20.2. The summed E-state index contributed by atoms with van der Waals surface area (Å²) in [7, 11) is -3.42. The fourth-order valence-corrected chi connectivity index (χ4v) is 4.60. The zero-order chi connectivity index (χ0) is 19.4. The van der Waals surface area contributed by atoms with E-state index in [-0.39, 0.29) is 17.0 Å². The van der Waals surface area contributed by atoms with Crippen molar-refractivity contribution in [2.45, 2.75) is 5.75 Å². The van der Waals surface area contributed by atoms with Crippen LogP contribution in [0.15, 0.2) is 48.5 Å². The molecule has 0 aromatic heterocycles. The number of nitro groups is 1. The van der Waals surface area contributed by atoms with Gasteiger partial charge in [0.25, 0.3) is 5.69 Å². The lowest BCUT2D eigenvalue weighted by molar-refractivity contribution is -0.384. The van der Waals surface area contributed by atoms with Crippen LogP contribution in [0.3, 0.4) is 0 Å². The lowest BCUT2D eigenvalue weighted by Crippen LogP contribution is -2.49. The lowest BCUT2D eigenvalue weighted by Gasteiger charge is -2.35. The maximum Gasteiger partial charge on any atom is 0.270 e. The summed E-state index contributed by atoms with van der Waals surface area (Å²) in [4.78, 5) is 12.2. The summed E-state index contributed by atoms with van der Waals surface area (Å²) >= 11 is 0. The van der Waals surface area contributed by atoms with E-state index in [0.29, 0.717) is 31.9 Å². The third-order valence-electron chi connectivity index (χ3n) is 4.48. The first-order valence-electron chi connectivity index (χ1n) is 8.36. The Kier molecular flexibility index (Phi) is 5.39. The van der Waals surface area contributed by atoms with E-state index in [2.05, 4.69) is 0 Å². The van der Waals surface area contributed by atoms with E-state index in [1.54, 1.807) is 30.3 Å². The van der Waals surface area contributed by atoms with Crippen molar-refractivity contribution in [3.63, 3.8) is 0 Å². The Balaban J connectivity index is 1.70. The van der Waals surface area contributed by atoms with Gasteiger partial charge in [0.15, 0.2) is 0 Å². The standard InChI is InChI=1S/C18H18N4O4S/c19-13-16-12-17(22(23)24)6-7-18(16)20-8-10-21(11-9-20)27(25,26)14-15-4-2-1-3-5-15/h1-7,12H,8-11,14H2. The summed E-state index contributed by atoms with van der Waals surface area (Å²) in [5.41, 5.74) is 1.40. The Morgan fingerprint density at radius 1 is 1.07 bits per heavy atom. The molecule has 0 unspecified atom stereocenters. The van der Waals surface area contributed by atoms with Gasteiger partial charge in [0.05, 0.1) is 21.9 Å². The van der Waals surface area contributed by atoms with Gasteiger partial charge in [-0.15, -0.1) is 0 Å². The Bertz CT molecular complexity index is 978. The molecule has 3 rings (SSSR count). The molecule has 1 aliphatic heterocycles. The number of benzene rings is 2. The number of hydrogen-bond acceptors (Lipinski definition) is 6. The van der Waals surface area contributed by atoms with Crippen molar-refractivity contribution >= 4 is 21.4 Å². The number of sulfonamides is 1. The summed E-state index contributed by atoms with van der Waals surface area (Å²) in [5.74, 6) is -0.0468. The number of piperazine rings is 1. The van der Waals surface area contributed by atoms with E-state index < -0.39 is 14.9 Å². The largest absolute Gasteiger partial charge is 0.368 e. The van der Waals surface area contributed by atoms with Crippen molar-refractivity contribution in [2.24, 2.45) is 0 Å². The molecule has 0 saturated carbocycles. The van der Waals surface area contributed by atoms with Gasteiger partial charge < -0.3 is 4.90 Å². The molecule has 27 heavy (non-hydrogen) atoms. The second-order valence-corrected chi connectivity index (χ2v) is 8.17. The SMILES string of the molecule is N#Cc1cc([N+](=O)[O-])ccc1N1CCN(S(=O)(=O)Cc2ccccc2)CC1. The number of nitrogens with zero attached hydrogens (tertiary/aromatic N) is 4. The van der Waals surface area contributed by atoms with Crippen molar-refractivity contribution in [3.8, 4) is 6.07 Å². The van der Waals surface area contributed by atoms with E-state index in [0.717, 1.165) is 5.56 Å². The first-order chi connectivity index (χ1) is 12.9. The fraction of sp³-hybridized carbons (Fsp3) is 0.278. The van der Waals surface area contributed by atoms with E-state index in [9.17, 15) is 23.8 Å². The molecule has 140 valence electrons. The molecular weight excluding hydrogens is 368 g/mol. The molecule has 0 bridgehead atoms. The number of anilines is 1. The molecule has 9 heteroatoms. The van der Waals surface area contributed by atoms with Gasteiger partial charge in [0.1, 0.15) is 6.07 Å². The summed E-state index contributed by atoms with van der Waals surface area (Å²) < 4.78 is 26.7. The van der Waals surface area contributed by atoms with E-state index in [1.165, 1.54) is 16.4 Å². The Labute approximate surface area is 157 Å². The normalized spacial score (nSPS) is 15.3. The molecule has 0 spiro atoms. The van der Waals surface area contributed by atoms with Crippen molar-refractivity contribution < 1.29 is 13.3 Å². The number of hydrogen-bond donors (Lipinski definition) is 0. The zero-order valence-electron chi connectivity index (χ0n) is 14.5. The van der Waals surface area contributed by atoms with Crippen LogP contribution in [0.5, 0.6) is 0 Å². The summed E-state index contributed by atoms with van der Waals surface area (Å²) in [6.45, 7) is 1.44. The molecule has 1 saturated heterocycles. The fourth-order valence-electron chi connectivity index (χ4n) is 3.09. The molecule has 2 aromatic rings. The van der Waals surface area contributed by atoms with Crippen LogP contribution < -0.4 is 4.90 Å². The smallest absolute Gasteiger partial charge is 0.270 e. The molecular formula is C18H18N4O4S. The summed E-state index contributed by atoms with van der Waals surface area (Å²) in [6.07, 6.45) is 0.